The first-order valence-corrected chi connectivity index (χ1v) is 8.34. The Hall–Kier alpha value is -1.80. The Balaban J connectivity index is 1.85. The summed E-state index contributed by atoms with van der Waals surface area (Å²) in [6, 6.07) is 15.4. The minimum atomic E-state index is 0.541. The van der Waals surface area contributed by atoms with Gasteiger partial charge in [-0.15, -0.1) is 0 Å². The Bertz CT molecular complexity index is 694. The van der Waals surface area contributed by atoms with E-state index >= 15 is 0 Å². The fourth-order valence-corrected chi connectivity index (χ4v) is 4.05. The molecule has 1 saturated heterocycles. The number of likely N-dealkylation sites (tertiary alicyclic amines) is 1. The van der Waals surface area contributed by atoms with Crippen LogP contribution in [0.15, 0.2) is 42.5 Å². The molecule has 2 aliphatic heterocycles. The molecule has 2 nitrogen and oxygen atoms in total. The Kier molecular flexibility index (Phi) is 3.42. The molecule has 0 N–H and O–H groups in total. The summed E-state index contributed by atoms with van der Waals surface area (Å²) in [5.74, 6) is 3.17. The van der Waals surface area contributed by atoms with Crippen LogP contribution in [0.1, 0.15) is 41.9 Å². The molecule has 0 bridgehead atoms. The zero-order chi connectivity index (χ0) is 15.1. The molecule has 2 heterocycles. The molecule has 0 radical (unpaired) electrons. The van der Waals surface area contributed by atoms with Crippen LogP contribution in [0.3, 0.4) is 0 Å². The quantitative estimate of drug-likeness (QED) is 0.805. The van der Waals surface area contributed by atoms with Crippen molar-refractivity contribution in [3.05, 3.63) is 59.2 Å². The van der Waals surface area contributed by atoms with Crippen LogP contribution in [0.25, 0.3) is 0 Å². The van der Waals surface area contributed by atoms with Gasteiger partial charge in [0, 0.05) is 30.5 Å². The maximum atomic E-state index is 6.29. The van der Waals surface area contributed by atoms with Gasteiger partial charge in [-0.25, -0.2) is 0 Å². The lowest BCUT2D eigenvalue weighted by Gasteiger charge is -2.18. The van der Waals surface area contributed by atoms with E-state index in [2.05, 4.69) is 61.3 Å². The fraction of sp³-hybridized carbons (Fsp3) is 0.400. The number of rotatable bonds is 2. The maximum Gasteiger partial charge on any atom is 0.131 e. The van der Waals surface area contributed by atoms with Crippen LogP contribution < -0.4 is 4.74 Å². The van der Waals surface area contributed by atoms with Crippen molar-refractivity contribution in [2.45, 2.75) is 31.6 Å². The predicted octanol–water partition coefficient (Wildman–Crippen LogP) is 4.56. The van der Waals surface area contributed by atoms with E-state index in [1.807, 2.05) is 0 Å². The number of benzene rings is 2. The SMILES string of the molecule is CCCc1ccc2c(c1)[C@@H]1CN(C)C[C@H]1c1ccccc1O2. The largest absolute Gasteiger partial charge is 0.457 e. The Morgan fingerprint density at radius 1 is 1.00 bits per heavy atom. The summed E-state index contributed by atoms with van der Waals surface area (Å²) in [7, 11) is 2.23. The van der Waals surface area contributed by atoms with Crippen molar-refractivity contribution in [2.75, 3.05) is 20.1 Å². The summed E-state index contributed by atoms with van der Waals surface area (Å²) in [5.41, 5.74) is 4.20. The van der Waals surface area contributed by atoms with E-state index in [0.29, 0.717) is 11.8 Å². The van der Waals surface area contributed by atoms with Crippen LogP contribution in [-0.2, 0) is 6.42 Å². The maximum absolute atomic E-state index is 6.29. The summed E-state index contributed by atoms with van der Waals surface area (Å²) in [5, 5.41) is 0. The Morgan fingerprint density at radius 3 is 2.55 bits per heavy atom. The van der Waals surface area contributed by atoms with Crippen molar-refractivity contribution in [1.29, 1.82) is 0 Å². The lowest BCUT2D eigenvalue weighted by molar-refractivity contribution is 0.401. The summed E-state index contributed by atoms with van der Waals surface area (Å²) in [6.07, 6.45) is 2.33. The summed E-state index contributed by atoms with van der Waals surface area (Å²) < 4.78 is 6.29. The van der Waals surface area contributed by atoms with Gasteiger partial charge in [-0.3, -0.25) is 0 Å². The average molecular weight is 293 g/mol. The van der Waals surface area contributed by atoms with Gasteiger partial charge in [0.25, 0.3) is 0 Å². The second-order valence-electron chi connectivity index (χ2n) is 6.70. The van der Waals surface area contributed by atoms with Crippen LogP contribution in [0.2, 0.25) is 0 Å². The number of nitrogens with zero attached hydrogens (tertiary/aromatic N) is 1. The van der Waals surface area contributed by atoms with Gasteiger partial charge in [0.2, 0.25) is 0 Å². The van der Waals surface area contributed by atoms with Crippen molar-refractivity contribution < 1.29 is 4.74 Å². The molecule has 2 aromatic carbocycles. The summed E-state index contributed by atoms with van der Waals surface area (Å²) >= 11 is 0. The first-order chi connectivity index (χ1) is 10.8. The van der Waals surface area contributed by atoms with Crippen LogP contribution in [-0.4, -0.2) is 25.0 Å². The molecule has 2 aliphatic rings. The molecule has 0 aromatic heterocycles. The van der Waals surface area contributed by atoms with Crippen LogP contribution in [0.5, 0.6) is 11.5 Å². The highest BCUT2D eigenvalue weighted by Gasteiger charge is 2.38. The van der Waals surface area contributed by atoms with E-state index in [9.17, 15) is 0 Å². The molecule has 2 heteroatoms. The van der Waals surface area contributed by atoms with Crippen molar-refractivity contribution in [3.63, 3.8) is 0 Å². The van der Waals surface area contributed by atoms with Crippen LogP contribution in [0.4, 0.5) is 0 Å². The number of hydrogen-bond acceptors (Lipinski definition) is 2. The van der Waals surface area contributed by atoms with Crippen molar-refractivity contribution in [1.82, 2.24) is 4.90 Å². The molecule has 0 spiro atoms. The Morgan fingerprint density at radius 2 is 1.73 bits per heavy atom. The molecule has 0 aliphatic carbocycles. The molecule has 0 unspecified atom stereocenters. The lowest BCUT2D eigenvalue weighted by atomic mass is 9.83. The van der Waals surface area contributed by atoms with Crippen LogP contribution >= 0.6 is 0 Å². The van der Waals surface area contributed by atoms with Gasteiger partial charge in [0.1, 0.15) is 11.5 Å². The standard InChI is InChI=1S/C20H23NO/c1-3-6-14-9-10-20-16(11-14)18-13-21(2)12-17(18)15-7-4-5-8-19(15)22-20/h4-5,7-11,17-18H,3,6,12-13H2,1-2H3/t17-,18-/m0/s1. The third-order valence-corrected chi connectivity index (χ3v) is 5.05. The van der Waals surface area contributed by atoms with Gasteiger partial charge in [-0.2, -0.15) is 0 Å². The summed E-state index contributed by atoms with van der Waals surface area (Å²) in [4.78, 5) is 2.45. The van der Waals surface area contributed by atoms with E-state index in [1.54, 1.807) is 0 Å². The summed E-state index contributed by atoms with van der Waals surface area (Å²) in [6.45, 7) is 4.47. The van der Waals surface area contributed by atoms with Gasteiger partial charge in [-0.1, -0.05) is 43.7 Å². The Labute approximate surface area is 132 Å². The van der Waals surface area contributed by atoms with Crippen molar-refractivity contribution in [3.8, 4) is 11.5 Å². The highest BCUT2D eigenvalue weighted by Crippen LogP contribution is 2.49. The van der Waals surface area contributed by atoms with E-state index in [1.165, 1.54) is 23.1 Å². The topological polar surface area (TPSA) is 12.5 Å². The molecular formula is C20H23NO. The molecular weight excluding hydrogens is 270 g/mol. The third kappa shape index (κ3) is 2.22. The zero-order valence-corrected chi connectivity index (χ0v) is 13.4. The highest BCUT2D eigenvalue weighted by atomic mass is 16.5. The second-order valence-corrected chi connectivity index (χ2v) is 6.70. The van der Waals surface area contributed by atoms with Crippen LogP contribution in [0, 0.1) is 0 Å². The molecule has 4 rings (SSSR count). The number of likely N-dealkylation sites (N-methyl/N-ethyl adjacent to an activating group) is 1. The van der Waals surface area contributed by atoms with Crippen molar-refractivity contribution in [2.24, 2.45) is 0 Å². The monoisotopic (exact) mass is 293 g/mol. The molecule has 114 valence electrons. The molecule has 22 heavy (non-hydrogen) atoms. The van der Waals surface area contributed by atoms with E-state index in [4.69, 9.17) is 4.74 Å². The minimum absolute atomic E-state index is 0.541. The normalized spacial score (nSPS) is 23.2. The highest BCUT2D eigenvalue weighted by molar-refractivity contribution is 5.51. The number of aryl methyl sites for hydroxylation is 1. The van der Waals surface area contributed by atoms with Gasteiger partial charge in [-0.05, 0) is 36.7 Å². The van der Waals surface area contributed by atoms with Crippen molar-refractivity contribution >= 4 is 0 Å². The number of para-hydroxylation sites is 1. The molecule has 1 fully saturated rings. The lowest BCUT2D eigenvalue weighted by Crippen LogP contribution is -2.14. The van der Waals surface area contributed by atoms with E-state index in [-0.39, 0.29) is 0 Å². The molecule has 2 aromatic rings. The smallest absolute Gasteiger partial charge is 0.131 e. The molecule has 0 amide bonds. The predicted molar refractivity (Wildman–Crippen MR) is 89.9 cm³/mol. The first kappa shape index (κ1) is 13.8. The number of ether oxygens (including phenoxy) is 1. The van der Waals surface area contributed by atoms with E-state index < -0.39 is 0 Å². The average Bonchev–Trinajstić information content (AvgIpc) is 2.86. The van der Waals surface area contributed by atoms with Gasteiger partial charge >= 0.3 is 0 Å². The fourth-order valence-electron chi connectivity index (χ4n) is 4.05. The van der Waals surface area contributed by atoms with Gasteiger partial charge in [0.15, 0.2) is 0 Å². The molecule has 0 saturated carbocycles. The van der Waals surface area contributed by atoms with Gasteiger partial charge in [0.05, 0.1) is 0 Å². The molecule has 2 atom stereocenters. The number of hydrogen-bond donors (Lipinski definition) is 0. The third-order valence-electron chi connectivity index (χ3n) is 5.05. The second kappa shape index (κ2) is 5.44. The zero-order valence-electron chi connectivity index (χ0n) is 13.4. The van der Waals surface area contributed by atoms with E-state index in [0.717, 1.165) is 31.0 Å². The van der Waals surface area contributed by atoms with Gasteiger partial charge < -0.3 is 9.64 Å². The minimum Gasteiger partial charge on any atom is -0.457 e. The number of fused-ring (bicyclic) bond motifs is 5. The first-order valence-electron chi connectivity index (χ1n) is 8.34.